The predicted molar refractivity (Wildman–Crippen MR) is 43.3 cm³/mol. The Morgan fingerprint density at radius 1 is 1.15 bits per heavy atom. The van der Waals surface area contributed by atoms with Crippen molar-refractivity contribution in [2.24, 2.45) is 5.41 Å². The summed E-state index contributed by atoms with van der Waals surface area (Å²) in [4.78, 5) is 0. The first kappa shape index (κ1) is 10.8. The molecule has 0 bridgehead atoms. The van der Waals surface area contributed by atoms with Crippen LogP contribution < -0.4 is 0 Å². The van der Waals surface area contributed by atoms with Crippen molar-refractivity contribution in [1.29, 1.82) is 0 Å². The van der Waals surface area contributed by atoms with Crippen molar-refractivity contribution in [3.63, 3.8) is 0 Å². The number of alkyl halides is 3. The van der Waals surface area contributed by atoms with Gasteiger partial charge in [0, 0.05) is 5.41 Å². The maximum absolute atomic E-state index is 12.2. The SMILES string of the molecule is CC1(C(O)C(F)(F)F)CCCCC1. The van der Waals surface area contributed by atoms with E-state index < -0.39 is 17.7 Å². The van der Waals surface area contributed by atoms with E-state index in [1.807, 2.05) is 0 Å². The van der Waals surface area contributed by atoms with E-state index in [0.717, 1.165) is 19.3 Å². The Kier molecular flexibility index (Phi) is 2.90. The molecule has 0 saturated heterocycles. The molecular weight excluding hydrogens is 181 g/mol. The van der Waals surface area contributed by atoms with Gasteiger partial charge in [0.15, 0.2) is 6.10 Å². The predicted octanol–water partition coefficient (Wildman–Crippen LogP) is 2.88. The summed E-state index contributed by atoms with van der Waals surface area (Å²) < 4.78 is 36.7. The molecule has 1 aliphatic carbocycles. The number of aliphatic hydroxyl groups is 1. The Bertz CT molecular complexity index is 170. The Morgan fingerprint density at radius 2 is 1.62 bits per heavy atom. The lowest BCUT2D eigenvalue weighted by Crippen LogP contribution is -2.44. The van der Waals surface area contributed by atoms with Gasteiger partial charge < -0.3 is 5.11 Å². The summed E-state index contributed by atoms with van der Waals surface area (Å²) >= 11 is 0. The fraction of sp³-hybridized carbons (Fsp3) is 1.00. The minimum absolute atomic E-state index is 0.480. The van der Waals surface area contributed by atoms with Gasteiger partial charge in [-0.2, -0.15) is 13.2 Å². The first-order valence-electron chi connectivity index (χ1n) is 4.61. The first-order valence-corrected chi connectivity index (χ1v) is 4.61. The third kappa shape index (κ3) is 2.36. The average molecular weight is 196 g/mol. The highest BCUT2D eigenvalue weighted by atomic mass is 19.4. The molecule has 1 atom stereocenters. The number of rotatable bonds is 1. The Morgan fingerprint density at radius 3 is 2.00 bits per heavy atom. The quantitative estimate of drug-likeness (QED) is 0.683. The zero-order valence-corrected chi connectivity index (χ0v) is 7.69. The monoisotopic (exact) mass is 196 g/mol. The van der Waals surface area contributed by atoms with Crippen molar-refractivity contribution in [2.75, 3.05) is 0 Å². The summed E-state index contributed by atoms with van der Waals surface area (Å²) in [5, 5.41) is 9.14. The molecular formula is C9H15F3O. The molecule has 78 valence electrons. The first-order chi connectivity index (χ1) is 5.86. The van der Waals surface area contributed by atoms with Crippen LogP contribution in [0, 0.1) is 5.41 Å². The molecule has 1 rings (SSSR count). The lowest BCUT2D eigenvalue weighted by molar-refractivity contribution is -0.241. The maximum atomic E-state index is 12.2. The molecule has 1 aliphatic rings. The van der Waals surface area contributed by atoms with Crippen LogP contribution in [-0.4, -0.2) is 17.4 Å². The van der Waals surface area contributed by atoms with Gasteiger partial charge in [-0.15, -0.1) is 0 Å². The number of hydrogen-bond donors (Lipinski definition) is 1. The molecule has 0 aromatic carbocycles. The number of halogens is 3. The van der Waals surface area contributed by atoms with Crippen molar-refractivity contribution >= 4 is 0 Å². The second-order valence-electron chi connectivity index (χ2n) is 4.16. The van der Waals surface area contributed by atoms with Crippen molar-refractivity contribution < 1.29 is 18.3 Å². The molecule has 13 heavy (non-hydrogen) atoms. The lowest BCUT2D eigenvalue weighted by Gasteiger charge is -2.38. The fourth-order valence-electron chi connectivity index (χ4n) is 2.03. The molecule has 1 N–H and O–H groups in total. The molecule has 0 amide bonds. The molecule has 1 unspecified atom stereocenters. The van der Waals surface area contributed by atoms with E-state index in [9.17, 15) is 13.2 Å². The molecule has 0 heterocycles. The Hall–Kier alpha value is -0.250. The van der Waals surface area contributed by atoms with Gasteiger partial charge in [-0.05, 0) is 12.8 Å². The highest BCUT2D eigenvalue weighted by Gasteiger charge is 2.50. The number of hydrogen-bond acceptors (Lipinski definition) is 1. The van der Waals surface area contributed by atoms with Crippen LogP contribution in [0.1, 0.15) is 39.0 Å². The second-order valence-corrected chi connectivity index (χ2v) is 4.16. The molecule has 0 aromatic heterocycles. The highest BCUT2D eigenvalue weighted by Crippen LogP contribution is 2.44. The van der Waals surface area contributed by atoms with Crippen molar-refractivity contribution in [3.05, 3.63) is 0 Å². The van der Waals surface area contributed by atoms with Gasteiger partial charge in [0.05, 0.1) is 0 Å². The Labute approximate surface area is 75.9 Å². The van der Waals surface area contributed by atoms with Crippen LogP contribution in [-0.2, 0) is 0 Å². The molecule has 0 radical (unpaired) electrons. The molecule has 4 heteroatoms. The summed E-state index contributed by atoms with van der Waals surface area (Å²) in [7, 11) is 0. The van der Waals surface area contributed by atoms with E-state index in [2.05, 4.69) is 0 Å². The molecule has 1 saturated carbocycles. The van der Waals surface area contributed by atoms with Crippen LogP contribution in [0.3, 0.4) is 0 Å². The van der Waals surface area contributed by atoms with Gasteiger partial charge in [0.2, 0.25) is 0 Å². The van der Waals surface area contributed by atoms with Gasteiger partial charge in [0.1, 0.15) is 0 Å². The van der Waals surface area contributed by atoms with Crippen molar-refractivity contribution in [1.82, 2.24) is 0 Å². The van der Waals surface area contributed by atoms with Gasteiger partial charge in [0.25, 0.3) is 0 Å². The third-order valence-corrected chi connectivity index (χ3v) is 2.97. The van der Waals surface area contributed by atoms with E-state index in [1.54, 1.807) is 0 Å². The molecule has 1 fully saturated rings. The van der Waals surface area contributed by atoms with Crippen molar-refractivity contribution in [2.45, 2.75) is 51.3 Å². The standard InChI is InChI=1S/C9H15F3O/c1-8(5-3-2-4-6-8)7(13)9(10,11)12/h7,13H,2-6H2,1H3. The van der Waals surface area contributed by atoms with Gasteiger partial charge in [-0.1, -0.05) is 26.2 Å². The lowest BCUT2D eigenvalue weighted by atomic mass is 9.71. The topological polar surface area (TPSA) is 20.2 Å². The highest BCUT2D eigenvalue weighted by molar-refractivity contribution is 4.88. The third-order valence-electron chi connectivity index (χ3n) is 2.97. The molecule has 1 nitrogen and oxygen atoms in total. The van der Waals surface area contributed by atoms with Crippen LogP contribution >= 0.6 is 0 Å². The minimum Gasteiger partial charge on any atom is -0.383 e. The fourth-order valence-corrected chi connectivity index (χ4v) is 2.03. The van der Waals surface area contributed by atoms with E-state index >= 15 is 0 Å². The zero-order valence-electron chi connectivity index (χ0n) is 7.69. The van der Waals surface area contributed by atoms with Crippen LogP contribution in [0.5, 0.6) is 0 Å². The van der Waals surface area contributed by atoms with E-state index in [4.69, 9.17) is 5.11 Å². The van der Waals surface area contributed by atoms with Gasteiger partial charge in [-0.3, -0.25) is 0 Å². The summed E-state index contributed by atoms with van der Waals surface area (Å²) in [6.45, 7) is 1.53. The zero-order chi connectivity index (χ0) is 10.1. The minimum atomic E-state index is -4.47. The average Bonchev–Trinajstić information content (AvgIpc) is 2.03. The van der Waals surface area contributed by atoms with E-state index in [-0.39, 0.29) is 0 Å². The van der Waals surface area contributed by atoms with Gasteiger partial charge >= 0.3 is 6.18 Å². The Balaban J connectivity index is 2.67. The maximum Gasteiger partial charge on any atom is 0.414 e. The molecule has 0 aliphatic heterocycles. The van der Waals surface area contributed by atoms with E-state index in [1.165, 1.54) is 6.92 Å². The van der Waals surface area contributed by atoms with Crippen LogP contribution in [0.2, 0.25) is 0 Å². The van der Waals surface area contributed by atoms with Crippen LogP contribution in [0.25, 0.3) is 0 Å². The molecule has 0 spiro atoms. The summed E-state index contributed by atoms with van der Waals surface area (Å²) in [5.41, 5.74) is -0.948. The normalized spacial score (nSPS) is 25.6. The van der Waals surface area contributed by atoms with Crippen molar-refractivity contribution in [3.8, 4) is 0 Å². The summed E-state index contributed by atoms with van der Waals surface area (Å²) in [5.74, 6) is 0. The smallest absolute Gasteiger partial charge is 0.383 e. The van der Waals surface area contributed by atoms with Crippen LogP contribution in [0.15, 0.2) is 0 Å². The van der Waals surface area contributed by atoms with E-state index in [0.29, 0.717) is 12.8 Å². The van der Waals surface area contributed by atoms with Gasteiger partial charge in [-0.25, -0.2) is 0 Å². The summed E-state index contributed by atoms with van der Waals surface area (Å²) in [6, 6.07) is 0. The summed E-state index contributed by atoms with van der Waals surface area (Å²) in [6.07, 6.45) is -3.08. The second kappa shape index (κ2) is 3.48. The van der Waals surface area contributed by atoms with Crippen LogP contribution in [0.4, 0.5) is 13.2 Å². The molecule has 0 aromatic rings. The largest absolute Gasteiger partial charge is 0.414 e. The number of aliphatic hydroxyl groups excluding tert-OH is 1.